The molecule has 2 aromatic heterocycles. The molecule has 328 valence electrons. The van der Waals surface area contributed by atoms with Gasteiger partial charge in [-0.25, -0.2) is 4.79 Å². The third-order valence-corrected chi connectivity index (χ3v) is 12.0. The first-order chi connectivity index (χ1) is 31.0. The Labute approximate surface area is 371 Å². The van der Waals surface area contributed by atoms with Gasteiger partial charge in [0.05, 0.1) is 23.9 Å². The number of fused-ring (bicyclic) bond motifs is 1. The molecule has 3 heterocycles. The highest BCUT2D eigenvalue weighted by Gasteiger charge is 2.42. The zero-order chi connectivity index (χ0) is 44.6. The number of ether oxygens (including phenoxy) is 1. The van der Waals surface area contributed by atoms with Gasteiger partial charge < -0.3 is 35.7 Å². The average Bonchev–Trinajstić information content (AvgIpc) is 3.72. The van der Waals surface area contributed by atoms with Crippen LogP contribution in [0, 0.1) is 5.92 Å². The summed E-state index contributed by atoms with van der Waals surface area (Å²) in [7, 11) is 1.74. The fourth-order valence-electron chi connectivity index (χ4n) is 8.35. The molecule has 0 radical (unpaired) electrons. The third-order valence-electron chi connectivity index (χ3n) is 12.0. The predicted molar refractivity (Wildman–Crippen MR) is 244 cm³/mol. The Bertz CT molecular complexity index is 2770. The molecule has 13 heteroatoms. The lowest BCUT2D eigenvalue weighted by Crippen LogP contribution is -2.40. The molecule has 1 aliphatic rings. The molecule has 7 aromatic rings. The summed E-state index contributed by atoms with van der Waals surface area (Å²) in [5, 5.41) is 44.6. The van der Waals surface area contributed by atoms with Gasteiger partial charge in [0.1, 0.15) is 5.75 Å². The summed E-state index contributed by atoms with van der Waals surface area (Å²) in [6.07, 6.45) is 0.903. The van der Waals surface area contributed by atoms with Crippen molar-refractivity contribution in [3.63, 3.8) is 0 Å². The standard InChI is InChI=1S/C51H52N6O7/c1-56-44(28-43(55-56)49(61)53-30-35-17-15-34(16-18-35)29-52-31-46(59)41-19-21-45(58)48-42(41)20-22-47(60)54-48)38-11-8-14-40(27-38)51(63,39-12-6-3-7-13-39)50(62)64-33-37-23-25-57(26-24-37)32-36-9-4-2-5-10-36/h2-22,27-28,37,46,52,58-59,63H,23-26,29-33H2,1H3,(H,53,61)(H,54,60)/t46-,51?/m0/s1. The first-order valence-corrected chi connectivity index (χ1v) is 21.5. The van der Waals surface area contributed by atoms with E-state index in [0.29, 0.717) is 39.9 Å². The molecular weight excluding hydrogens is 809 g/mol. The number of phenols is 1. The molecule has 1 amide bonds. The van der Waals surface area contributed by atoms with Crippen molar-refractivity contribution in [1.82, 2.24) is 30.3 Å². The highest BCUT2D eigenvalue weighted by Crippen LogP contribution is 2.35. The van der Waals surface area contributed by atoms with Crippen molar-refractivity contribution in [2.45, 2.75) is 44.2 Å². The van der Waals surface area contributed by atoms with Crippen LogP contribution in [0.2, 0.25) is 0 Å². The smallest absolute Gasteiger partial charge is 0.347 e. The van der Waals surface area contributed by atoms with Crippen molar-refractivity contribution < 1.29 is 29.6 Å². The minimum atomic E-state index is -2.08. The van der Waals surface area contributed by atoms with E-state index in [0.717, 1.165) is 43.6 Å². The number of aromatic hydroxyl groups is 1. The van der Waals surface area contributed by atoms with Gasteiger partial charge in [0, 0.05) is 55.8 Å². The van der Waals surface area contributed by atoms with Gasteiger partial charge in [-0.3, -0.25) is 19.2 Å². The van der Waals surface area contributed by atoms with Crippen LogP contribution in [0.25, 0.3) is 22.2 Å². The van der Waals surface area contributed by atoms with E-state index >= 15 is 0 Å². The number of aryl methyl sites for hydroxylation is 1. The maximum absolute atomic E-state index is 14.0. The second kappa shape index (κ2) is 19.7. The van der Waals surface area contributed by atoms with Crippen molar-refractivity contribution in [3.05, 3.63) is 189 Å². The lowest BCUT2D eigenvalue weighted by Gasteiger charge is -2.33. The number of nitrogens with one attached hydrogen (secondary N) is 3. The molecule has 8 rings (SSSR count). The Hall–Kier alpha value is -6.90. The maximum atomic E-state index is 14.0. The number of hydrogen-bond donors (Lipinski definition) is 6. The normalized spacial score (nSPS) is 14.8. The van der Waals surface area contributed by atoms with E-state index in [4.69, 9.17) is 4.74 Å². The van der Waals surface area contributed by atoms with Crippen molar-refractivity contribution in [2.24, 2.45) is 13.0 Å². The lowest BCUT2D eigenvalue weighted by atomic mass is 9.85. The van der Waals surface area contributed by atoms with E-state index in [1.54, 1.807) is 72.4 Å². The van der Waals surface area contributed by atoms with Gasteiger partial charge in [-0.05, 0) is 83.9 Å². The highest BCUT2D eigenvalue weighted by atomic mass is 16.5. The second-order valence-corrected chi connectivity index (χ2v) is 16.4. The van der Waals surface area contributed by atoms with Crippen LogP contribution in [0.15, 0.2) is 144 Å². The van der Waals surface area contributed by atoms with Gasteiger partial charge in [0.2, 0.25) is 11.2 Å². The molecule has 1 fully saturated rings. The van der Waals surface area contributed by atoms with E-state index in [1.165, 1.54) is 17.7 Å². The fourth-order valence-corrected chi connectivity index (χ4v) is 8.35. The van der Waals surface area contributed by atoms with E-state index in [9.17, 15) is 29.7 Å². The summed E-state index contributed by atoms with van der Waals surface area (Å²) in [6.45, 7) is 3.90. The van der Waals surface area contributed by atoms with Crippen molar-refractivity contribution >= 4 is 22.8 Å². The summed E-state index contributed by atoms with van der Waals surface area (Å²) in [5.74, 6) is -0.979. The number of carbonyl (C=O) groups excluding carboxylic acids is 2. The van der Waals surface area contributed by atoms with Gasteiger partial charge in [-0.1, -0.05) is 109 Å². The number of H-pyrrole nitrogens is 1. The molecule has 6 N–H and O–H groups in total. The molecule has 0 spiro atoms. The zero-order valence-corrected chi connectivity index (χ0v) is 35.6. The molecular formula is C51H52N6O7. The Balaban J connectivity index is 0.867. The minimum absolute atomic E-state index is 0.0637. The lowest BCUT2D eigenvalue weighted by molar-refractivity contribution is -0.164. The van der Waals surface area contributed by atoms with E-state index < -0.39 is 17.7 Å². The van der Waals surface area contributed by atoms with Crippen LogP contribution in [0.4, 0.5) is 0 Å². The molecule has 0 saturated carbocycles. The van der Waals surface area contributed by atoms with Crippen LogP contribution in [0.1, 0.15) is 62.8 Å². The van der Waals surface area contributed by atoms with Gasteiger partial charge >= 0.3 is 5.97 Å². The highest BCUT2D eigenvalue weighted by molar-refractivity contribution is 5.93. The zero-order valence-electron chi connectivity index (χ0n) is 35.6. The van der Waals surface area contributed by atoms with Crippen LogP contribution < -0.4 is 16.2 Å². The number of rotatable bonds is 16. The summed E-state index contributed by atoms with van der Waals surface area (Å²) in [5.41, 5.74) is 3.79. The van der Waals surface area contributed by atoms with Gasteiger partial charge in [-0.15, -0.1) is 0 Å². The summed E-state index contributed by atoms with van der Waals surface area (Å²) in [4.78, 5) is 44.2. The van der Waals surface area contributed by atoms with E-state index in [2.05, 4.69) is 49.9 Å². The number of phenolic OH excluding ortho intramolecular Hbond substituents is 1. The van der Waals surface area contributed by atoms with Crippen LogP contribution in [0.3, 0.4) is 0 Å². The fraction of sp³-hybridized carbons (Fsp3) is 0.255. The third kappa shape index (κ3) is 9.98. The quantitative estimate of drug-likeness (QED) is 0.0624. The molecule has 1 unspecified atom stereocenters. The molecule has 0 bridgehead atoms. The average molecular weight is 861 g/mol. The number of benzene rings is 5. The van der Waals surface area contributed by atoms with Crippen molar-refractivity contribution in [2.75, 3.05) is 26.2 Å². The Morgan fingerprint density at radius 1 is 0.828 bits per heavy atom. The number of esters is 1. The predicted octanol–water partition coefficient (Wildman–Crippen LogP) is 6.08. The van der Waals surface area contributed by atoms with Gasteiger partial charge in [0.15, 0.2) is 5.69 Å². The number of amides is 1. The van der Waals surface area contributed by atoms with E-state index in [1.807, 2.05) is 42.5 Å². The van der Waals surface area contributed by atoms with Crippen LogP contribution >= 0.6 is 0 Å². The number of likely N-dealkylation sites (tertiary alicyclic amines) is 1. The summed E-state index contributed by atoms with van der Waals surface area (Å²) in [6, 6.07) is 41.7. The summed E-state index contributed by atoms with van der Waals surface area (Å²) >= 11 is 0. The molecule has 0 aliphatic carbocycles. The summed E-state index contributed by atoms with van der Waals surface area (Å²) < 4.78 is 7.54. The molecule has 1 aliphatic heterocycles. The maximum Gasteiger partial charge on any atom is 0.347 e. The van der Waals surface area contributed by atoms with Gasteiger partial charge in [0.25, 0.3) is 5.91 Å². The largest absolute Gasteiger partial charge is 0.506 e. The molecule has 1 saturated heterocycles. The van der Waals surface area contributed by atoms with E-state index in [-0.39, 0.29) is 54.0 Å². The monoisotopic (exact) mass is 860 g/mol. The molecule has 5 aromatic carbocycles. The number of aromatic nitrogens is 3. The number of pyridine rings is 1. The Morgan fingerprint density at radius 2 is 1.52 bits per heavy atom. The van der Waals surface area contributed by atoms with Gasteiger partial charge in [-0.2, -0.15) is 5.10 Å². The Kier molecular flexibility index (Phi) is 13.4. The number of aromatic amines is 1. The number of aliphatic hydroxyl groups is 2. The first kappa shape index (κ1) is 43.7. The SMILES string of the molecule is Cn1nc(C(=O)NCc2ccc(CNC[C@H](O)c3ccc(O)c4[nH]c(=O)ccc34)cc2)cc1-c1cccc(C(O)(C(=O)OCC2CCN(Cc3ccccc3)CC2)c2ccccc2)c1. The number of nitrogens with zero attached hydrogens (tertiary/aromatic N) is 3. The first-order valence-electron chi connectivity index (χ1n) is 21.5. The minimum Gasteiger partial charge on any atom is -0.506 e. The molecule has 13 nitrogen and oxygen atoms in total. The Morgan fingerprint density at radius 3 is 2.25 bits per heavy atom. The number of piperidine rings is 1. The molecule has 64 heavy (non-hydrogen) atoms. The van der Waals surface area contributed by atoms with Crippen LogP contribution in [-0.2, 0) is 41.8 Å². The second-order valence-electron chi connectivity index (χ2n) is 16.4. The number of aliphatic hydroxyl groups excluding tert-OH is 1. The number of hydrogen-bond acceptors (Lipinski definition) is 10. The van der Waals surface area contributed by atoms with Crippen LogP contribution in [-0.4, -0.2) is 73.1 Å². The topological polar surface area (TPSA) is 182 Å². The van der Waals surface area contributed by atoms with Crippen molar-refractivity contribution in [3.8, 4) is 17.0 Å². The van der Waals surface area contributed by atoms with Crippen LogP contribution in [0.5, 0.6) is 5.75 Å². The number of carbonyl (C=O) groups is 2. The van der Waals surface area contributed by atoms with Crippen molar-refractivity contribution in [1.29, 1.82) is 0 Å². The molecule has 2 atom stereocenters.